The summed E-state index contributed by atoms with van der Waals surface area (Å²) in [5, 5.41) is 9.49. The van der Waals surface area contributed by atoms with E-state index in [4.69, 9.17) is 9.62 Å². The van der Waals surface area contributed by atoms with Crippen LogP contribution in [0, 0.1) is 12.7 Å². The van der Waals surface area contributed by atoms with Crippen LogP contribution in [0.3, 0.4) is 0 Å². The van der Waals surface area contributed by atoms with Crippen molar-refractivity contribution in [2.24, 2.45) is 0 Å². The molecule has 0 aliphatic carbocycles. The van der Waals surface area contributed by atoms with Crippen LogP contribution in [0.25, 0.3) is 39.5 Å². The summed E-state index contributed by atoms with van der Waals surface area (Å²) in [6.07, 6.45) is 5.83. The lowest BCUT2D eigenvalue weighted by Gasteiger charge is -2.36. The van der Waals surface area contributed by atoms with E-state index in [1.165, 1.54) is 12.1 Å². The number of hydrogen-bond acceptors (Lipinski definition) is 5. The number of benzene rings is 4. The lowest BCUT2D eigenvalue weighted by Crippen LogP contribution is -2.38. The summed E-state index contributed by atoms with van der Waals surface area (Å²) in [4.78, 5) is 9.00. The Hall–Kier alpha value is -6.15. The topological polar surface area (TPSA) is 74.0 Å². The van der Waals surface area contributed by atoms with Gasteiger partial charge in [0.25, 0.3) is 0 Å². The molecule has 222 valence electrons. The Bertz CT molecular complexity index is 2180. The van der Waals surface area contributed by atoms with Gasteiger partial charge in [0.05, 0.1) is 6.20 Å². The maximum atomic E-state index is 14.2. The van der Waals surface area contributed by atoms with E-state index in [2.05, 4.69) is 94.1 Å². The van der Waals surface area contributed by atoms with Gasteiger partial charge in [-0.2, -0.15) is 10.1 Å². The van der Waals surface area contributed by atoms with Crippen molar-refractivity contribution in [1.29, 1.82) is 0 Å². The molecule has 0 fully saturated rings. The van der Waals surface area contributed by atoms with E-state index in [1.807, 2.05) is 45.6 Å². The summed E-state index contributed by atoms with van der Waals surface area (Å²) in [7, 11) is 0. The van der Waals surface area contributed by atoms with Crippen LogP contribution in [0.1, 0.15) is 22.6 Å². The van der Waals surface area contributed by atoms with Crippen molar-refractivity contribution in [3.05, 3.63) is 174 Å². The van der Waals surface area contributed by atoms with Gasteiger partial charge in [-0.25, -0.2) is 9.37 Å². The van der Waals surface area contributed by atoms with Gasteiger partial charge in [0, 0.05) is 36.0 Å². The summed E-state index contributed by atoms with van der Waals surface area (Å²) in [6, 6.07) is 41.6. The zero-order chi connectivity index (χ0) is 31.1. The van der Waals surface area contributed by atoms with E-state index in [-0.39, 0.29) is 5.82 Å². The minimum atomic E-state index is -0.830. The van der Waals surface area contributed by atoms with Crippen molar-refractivity contribution in [3.8, 4) is 33.9 Å². The monoisotopic (exact) mass is 602 g/mol. The number of rotatable bonds is 7. The van der Waals surface area contributed by atoms with E-state index in [1.54, 1.807) is 25.3 Å². The van der Waals surface area contributed by atoms with Gasteiger partial charge >= 0.3 is 0 Å². The molecule has 0 saturated carbocycles. The molecule has 0 N–H and O–H groups in total. The fourth-order valence-electron chi connectivity index (χ4n) is 6.22. The van der Waals surface area contributed by atoms with E-state index < -0.39 is 5.54 Å². The van der Waals surface area contributed by atoms with Crippen LogP contribution >= 0.6 is 0 Å². The second-order valence-electron chi connectivity index (χ2n) is 11.1. The molecule has 0 spiro atoms. The Labute approximate surface area is 264 Å². The molecular formula is C38H27FN6O. The SMILES string of the molecule is Cc1nc(-c2cnc3ccc(-c4cn(C(c5ccccc5)(c5ccccc5)c5ccccc5)nc4-c4ccc(F)cc4)cn23)no1. The number of nitrogens with zero attached hydrogens (tertiary/aromatic N) is 6. The summed E-state index contributed by atoms with van der Waals surface area (Å²) in [5.74, 6) is 0.615. The maximum absolute atomic E-state index is 14.2. The molecule has 7 nitrogen and oxygen atoms in total. The van der Waals surface area contributed by atoms with Crippen LogP contribution in [-0.2, 0) is 5.54 Å². The highest BCUT2D eigenvalue weighted by atomic mass is 19.1. The molecule has 0 amide bonds. The van der Waals surface area contributed by atoms with Gasteiger partial charge < -0.3 is 4.52 Å². The first-order valence-electron chi connectivity index (χ1n) is 14.9. The zero-order valence-corrected chi connectivity index (χ0v) is 24.8. The lowest BCUT2D eigenvalue weighted by molar-refractivity contribution is 0.394. The molecule has 0 saturated heterocycles. The number of imidazole rings is 1. The Balaban J connectivity index is 1.43. The van der Waals surface area contributed by atoms with E-state index >= 15 is 0 Å². The predicted molar refractivity (Wildman–Crippen MR) is 174 cm³/mol. The van der Waals surface area contributed by atoms with Gasteiger partial charge in [-0.1, -0.05) is 96.2 Å². The summed E-state index contributed by atoms with van der Waals surface area (Å²) in [5.41, 5.74) is 7.02. The first-order chi connectivity index (χ1) is 22.6. The first kappa shape index (κ1) is 27.4. The van der Waals surface area contributed by atoms with E-state index in [9.17, 15) is 4.39 Å². The highest BCUT2D eigenvalue weighted by Crippen LogP contribution is 2.43. The molecule has 4 aromatic carbocycles. The first-order valence-corrected chi connectivity index (χ1v) is 14.9. The molecule has 0 bridgehead atoms. The smallest absolute Gasteiger partial charge is 0.223 e. The van der Waals surface area contributed by atoms with Crippen molar-refractivity contribution in [2.75, 3.05) is 0 Å². The molecule has 0 atom stereocenters. The Morgan fingerprint density at radius 3 is 1.83 bits per heavy atom. The average Bonchev–Trinajstić information content (AvgIpc) is 3.85. The van der Waals surface area contributed by atoms with Crippen LogP contribution in [-0.4, -0.2) is 29.3 Å². The number of fused-ring (bicyclic) bond motifs is 1. The Morgan fingerprint density at radius 1 is 0.674 bits per heavy atom. The van der Waals surface area contributed by atoms with Crippen LogP contribution < -0.4 is 0 Å². The maximum Gasteiger partial charge on any atom is 0.223 e. The highest BCUT2D eigenvalue weighted by Gasteiger charge is 2.40. The van der Waals surface area contributed by atoms with Crippen LogP contribution in [0.15, 0.2) is 151 Å². The van der Waals surface area contributed by atoms with Gasteiger partial charge in [-0.15, -0.1) is 0 Å². The van der Waals surface area contributed by atoms with Crippen molar-refractivity contribution in [1.82, 2.24) is 29.3 Å². The minimum absolute atomic E-state index is 0.309. The molecule has 8 heteroatoms. The fraction of sp³-hybridized carbons (Fsp3) is 0.0526. The molecule has 0 radical (unpaired) electrons. The lowest BCUT2D eigenvalue weighted by atomic mass is 9.77. The van der Waals surface area contributed by atoms with Gasteiger partial charge in [0.2, 0.25) is 11.7 Å². The summed E-state index contributed by atoms with van der Waals surface area (Å²) >= 11 is 0. The van der Waals surface area contributed by atoms with Gasteiger partial charge in [0.15, 0.2) is 0 Å². The third-order valence-electron chi connectivity index (χ3n) is 8.32. The molecule has 8 aromatic rings. The quantitative estimate of drug-likeness (QED) is 0.172. The third-order valence-corrected chi connectivity index (χ3v) is 8.32. The van der Waals surface area contributed by atoms with Gasteiger partial charge in [-0.3, -0.25) is 9.08 Å². The molecule has 8 rings (SSSR count). The standard InChI is InChI=1S/C38H27FN6O/c1-26-41-37(43-46-26)34-23-40-35-22-19-28(24-44(34)35)33-25-45(42-36(33)27-17-20-32(39)21-18-27)38(29-11-5-2-6-12-29,30-13-7-3-8-14-30)31-15-9-4-10-16-31/h2-25H,1H3. The third kappa shape index (κ3) is 4.50. The van der Waals surface area contributed by atoms with Crippen molar-refractivity contribution >= 4 is 5.65 Å². The molecule has 0 aliphatic rings. The van der Waals surface area contributed by atoms with E-state index in [0.29, 0.717) is 23.1 Å². The van der Waals surface area contributed by atoms with Crippen molar-refractivity contribution in [3.63, 3.8) is 0 Å². The Kier molecular flexibility index (Phi) is 6.61. The van der Waals surface area contributed by atoms with E-state index in [0.717, 1.165) is 39.0 Å². The minimum Gasteiger partial charge on any atom is -0.339 e. The summed E-state index contributed by atoms with van der Waals surface area (Å²) < 4.78 is 23.4. The predicted octanol–water partition coefficient (Wildman–Crippen LogP) is 8.20. The van der Waals surface area contributed by atoms with Crippen LogP contribution in [0.5, 0.6) is 0 Å². The second kappa shape index (κ2) is 11.1. The highest BCUT2D eigenvalue weighted by molar-refractivity contribution is 5.81. The van der Waals surface area contributed by atoms with Gasteiger partial charge in [-0.05, 0) is 53.1 Å². The van der Waals surface area contributed by atoms with Crippen LogP contribution in [0.4, 0.5) is 4.39 Å². The van der Waals surface area contributed by atoms with Gasteiger partial charge in [0.1, 0.15) is 28.4 Å². The van der Waals surface area contributed by atoms with Crippen LogP contribution in [0.2, 0.25) is 0 Å². The molecule has 0 unspecified atom stereocenters. The average molecular weight is 603 g/mol. The fourth-order valence-corrected chi connectivity index (χ4v) is 6.22. The molecule has 4 heterocycles. The molecular weight excluding hydrogens is 575 g/mol. The second-order valence-corrected chi connectivity index (χ2v) is 11.1. The summed E-state index contributed by atoms with van der Waals surface area (Å²) in [6.45, 7) is 1.76. The normalized spacial score (nSPS) is 11.7. The molecule has 0 aliphatic heterocycles. The van der Waals surface area contributed by atoms with Crippen molar-refractivity contribution in [2.45, 2.75) is 12.5 Å². The largest absolute Gasteiger partial charge is 0.339 e. The van der Waals surface area contributed by atoms with Crippen molar-refractivity contribution < 1.29 is 8.91 Å². The number of aromatic nitrogens is 6. The molecule has 4 aromatic heterocycles. The zero-order valence-electron chi connectivity index (χ0n) is 24.8. The number of halogens is 1. The number of aryl methyl sites for hydroxylation is 1. The number of hydrogen-bond donors (Lipinski definition) is 0. The Morgan fingerprint density at radius 2 is 1.26 bits per heavy atom. The number of pyridine rings is 1. The molecule has 46 heavy (non-hydrogen) atoms.